The van der Waals surface area contributed by atoms with Crippen LogP contribution in [0.1, 0.15) is 6.42 Å². The van der Waals surface area contributed by atoms with Crippen molar-refractivity contribution in [1.82, 2.24) is 0 Å². The Morgan fingerprint density at radius 3 is 2.80 bits per heavy atom. The highest BCUT2D eigenvalue weighted by molar-refractivity contribution is 7.79. The Bertz CT molecular complexity index is 362. The summed E-state index contributed by atoms with van der Waals surface area (Å²) in [7, 11) is 0. The van der Waals surface area contributed by atoms with Crippen LogP contribution in [0.15, 0.2) is 12.2 Å². The molecule has 1 aliphatic carbocycles. The van der Waals surface area contributed by atoms with E-state index >= 15 is 0 Å². The van der Waals surface area contributed by atoms with E-state index in [-0.39, 0.29) is 11.7 Å². The monoisotopic (exact) mass is 229 g/mol. The second-order valence-corrected chi connectivity index (χ2v) is 4.66. The molecule has 15 heavy (non-hydrogen) atoms. The zero-order valence-corrected chi connectivity index (χ0v) is 8.57. The topological polar surface area (TPSA) is 83.5 Å². The summed E-state index contributed by atoms with van der Waals surface area (Å²) in [6, 6.07) is 0. The summed E-state index contributed by atoms with van der Waals surface area (Å²) in [5.74, 6) is -2.26. The molecule has 1 saturated heterocycles. The summed E-state index contributed by atoms with van der Waals surface area (Å²) in [6.45, 7) is 0. The molecule has 1 heterocycles. The van der Waals surface area contributed by atoms with Gasteiger partial charge in [0.05, 0.1) is 11.8 Å². The van der Waals surface area contributed by atoms with Crippen molar-refractivity contribution in [2.45, 2.75) is 6.42 Å². The lowest BCUT2D eigenvalue weighted by Crippen LogP contribution is -2.25. The van der Waals surface area contributed by atoms with E-state index in [2.05, 4.69) is 4.74 Å². The zero-order valence-electron chi connectivity index (χ0n) is 7.75. The predicted molar refractivity (Wildman–Crippen MR) is 49.1 cm³/mol. The molecule has 6 heteroatoms. The number of cyclic esters (lactones) is 2. The summed E-state index contributed by atoms with van der Waals surface area (Å²) in [6.07, 6.45) is 3.63. The van der Waals surface area contributed by atoms with Crippen molar-refractivity contribution in [2.24, 2.45) is 17.8 Å². The molecule has 0 N–H and O–H groups in total. The molecule has 0 spiro atoms. The average molecular weight is 229 g/mol. The maximum Gasteiger partial charge on any atom is 0.321 e. The van der Waals surface area contributed by atoms with Gasteiger partial charge in [0.15, 0.2) is 0 Å². The number of carbonyl (C=O) groups is 2. The van der Waals surface area contributed by atoms with E-state index < -0.39 is 34.9 Å². The molecule has 2 aliphatic rings. The molecule has 82 valence electrons. The van der Waals surface area contributed by atoms with Gasteiger partial charge in [0, 0.05) is 5.75 Å². The molecule has 5 nitrogen and oxygen atoms in total. The number of carbonyl (C=O) groups excluding carboxylic acids is 2. The summed E-state index contributed by atoms with van der Waals surface area (Å²) in [5, 5.41) is 0. The minimum atomic E-state index is -2.13. The Morgan fingerprint density at radius 2 is 2.13 bits per heavy atom. The average Bonchev–Trinajstić information content (AvgIpc) is 2.41. The van der Waals surface area contributed by atoms with E-state index in [1.165, 1.54) is 0 Å². The van der Waals surface area contributed by atoms with Crippen LogP contribution in [-0.2, 0) is 25.4 Å². The third kappa shape index (κ3) is 2.00. The van der Waals surface area contributed by atoms with E-state index in [9.17, 15) is 18.4 Å². The molecule has 0 aromatic carbocycles. The zero-order chi connectivity index (χ0) is 11.0. The van der Waals surface area contributed by atoms with Crippen molar-refractivity contribution in [2.75, 3.05) is 5.75 Å². The first-order valence-corrected chi connectivity index (χ1v) is 5.82. The van der Waals surface area contributed by atoms with Gasteiger partial charge in [-0.15, -0.1) is 0 Å². The lowest BCUT2D eigenvalue weighted by molar-refractivity contribution is -0.153. The molecule has 0 saturated carbocycles. The highest BCUT2D eigenvalue weighted by Gasteiger charge is 2.45. The Labute approximate surface area is 88.8 Å². The van der Waals surface area contributed by atoms with Crippen LogP contribution in [0.3, 0.4) is 0 Å². The Balaban J connectivity index is 2.12. The van der Waals surface area contributed by atoms with Crippen molar-refractivity contribution < 1.29 is 23.1 Å². The number of esters is 2. The SMILES string of the molecule is O=C1OC(=O)C2CC(CS(=O)[O-])C=CC12. The summed E-state index contributed by atoms with van der Waals surface area (Å²) < 4.78 is 25.5. The van der Waals surface area contributed by atoms with Crippen LogP contribution in [0, 0.1) is 17.8 Å². The first-order chi connectivity index (χ1) is 7.08. The Kier molecular flexibility index (Phi) is 2.70. The van der Waals surface area contributed by atoms with E-state index in [1.54, 1.807) is 12.2 Å². The summed E-state index contributed by atoms with van der Waals surface area (Å²) in [4.78, 5) is 22.4. The van der Waals surface area contributed by atoms with Crippen LogP contribution in [-0.4, -0.2) is 26.5 Å². The van der Waals surface area contributed by atoms with Gasteiger partial charge < -0.3 is 9.29 Å². The van der Waals surface area contributed by atoms with E-state index in [0.29, 0.717) is 6.42 Å². The van der Waals surface area contributed by atoms with Crippen molar-refractivity contribution in [3.8, 4) is 0 Å². The van der Waals surface area contributed by atoms with E-state index in [1.807, 2.05) is 0 Å². The fourth-order valence-electron chi connectivity index (χ4n) is 1.99. The molecule has 1 fully saturated rings. The minimum absolute atomic E-state index is 0.0127. The van der Waals surface area contributed by atoms with Gasteiger partial charge in [-0.05, 0) is 12.3 Å². The second kappa shape index (κ2) is 3.86. The Hall–Kier alpha value is -1.01. The molecule has 4 unspecified atom stereocenters. The van der Waals surface area contributed by atoms with Crippen LogP contribution in [0.5, 0.6) is 0 Å². The molecular weight excluding hydrogens is 220 g/mol. The van der Waals surface area contributed by atoms with E-state index in [0.717, 1.165) is 0 Å². The standard InChI is InChI=1S/C9H10O5S/c10-8-6-2-1-5(4-15(12)13)3-7(6)9(11)14-8/h1-2,5-7H,3-4H2,(H,12,13)/p-1. The minimum Gasteiger partial charge on any atom is -0.772 e. The first-order valence-electron chi connectivity index (χ1n) is 4.57. The molecule has 0 amide bonds. The van der Waals surface area contributed by atoms with Gasteiger partial charge in [0.25, 0.3) is 0 Å². The molecule has 1 aliphatic heterocycles. The number of ether oxygens (including phenoxy) is 1. The van der Waals surface area contributed by atoms with Crippen molar-refractivity contribution in [3.63, 3.8) is 0 Å². The third-order valence-corrected chi connectivity index (χ3v) is 3.41. The van der Waals surface area contributed by atoms with Crippen LogP contribution in [0.4, 0.5) is 0 Å². The molecule has 0 bridgehead atoms. The van der Waals surface area contributed by atoms with Crippen molar-refractivity contribution in [1.29, 1.82) is 0 Å². The van der Waals surface area contributed by atoms with Crippen LogP contribution in [0.2, 0.25) is 0 Å². The number of rotatable bonds is 2. The van der Waals surface area contributed by atoms with Crippen molar-refractivity contribution >= 4 is 23.0 Å². The van der Waals surface area contributed by atoms with Crippen LogP contribution in [0.25, 0.3) is 0 Å². The molecule has 0 radical (unpaired) electrons. The molecule has 0 aromatic rings. The number of fused-ring (bicyclic) bond motifs is 1. The number of allylic oxidation sites excluding steroid dienone is 1. The van der Waals surface area contributed by atoms with Crippen molar-refractivity contribution in [3.05, 3.63) is 12.2 Å². The number of hydrogen-bond donors (Lipinski definition) is 0. The quantitative estimate of drug-likeness (QED) is 0.282. The normalized spacial score (nSPS) is 36.2. The maximum absolute atomic E-state index is 11.2. The maximum atomic E-state index is 11.2. The first kappa shape index (κ1) is 10.5. The van der Waals surface area contributed by atoms with Gasteiger partial charge in [-0.2, -0.15) is 0 Å². The fraction of sp³-hybridized carbons (Fsp3) is 0.556. The second-order valence-electron chi connectivity index (χ2n) is 3.72. The van der Waals surface area contributed by atoms with Gasteiger partial charge in [0.2, 0.25) is 0 Å². The smallest absolute Gasteiger partial charge is 0.321 e. The van der Waals surface area contributed by atoms with Gasteiger partial charge >= 0.3 is 11.9 Å². The molecule has 2 rings (SSSR count). The largest absolute Gasteiger partial charge is 0.772 e. The van der Waals surface area contributed by atoms with E-state index in [4.69, 9.17) is 0 Å². The van der Waals surface area contributed by atoms with Gasteiger partial charge in [-0.25, -0.2) is 0 Å². The highest BCUT2D eigenvalue weighted by atomic mass is 32.2. The van der Waals surface area contributed by atoms with Gasteiger partial charge in [-0.3, -0.25) is 13.8 Å². The van der Waals surface area contributed by atoms with Crippen LogP contribution >= 0.6 is 0 Å². The number of hydrogen-bond acceptors (Lipinski definition) is 5. The lowest BCUT2D eigenvalue weighted by Gasteiger charge is -2.22. The fourth-order valence-corrected chi connectivity index (χ4v) is 2.59. The summed E-state index contributed by atoms with van der Waals surface area (Å²) in [5.41, 5.74) is 0. The van der Waals surface area contributed by atoms with Crippen LogP contribution < -0.4 is 0 Å². The molecular formula is C9H9O5S-. The third-order valence-electron chi connectivity index (χ3n) is 2.71. The predicted octanol–water partition coefficient (Wildman–Crippen LogP) is -0.243. The van der Waals surface area contributed by atoms with Gasteiger partial charge in [-0.1, -0.05) is 23.2 Å². The summed E-state index contributed by atoms with van der Waals surface area (Å²) >= 11 is -2.13. The molecule has 4 atom stereocenters. The van der Waals surface area contributed by atoms with Gasteiger partial charge in [0.1, 0.15) is 0 Å². The Morgan fingerprint density at radius 1 is 1.40 bits per heavy atom. The highest BCUT2D eigenvalue weighted by Crippen LogP contribution is 2.35. The lowest BCUT2D eigenvalue weighted by atomic mass is 9.81. The molecule has 0 aromatic heterocycles.